The van der Waals surface area contributed by atoms with Gasteiger partial charge in [0.05, 0.1) is 6.26 Å². The molecule has 1 rings (SSSR count). The molecule has 1 aliphatic rings. The fourth-order valence-corrected chi connectivity index (χ4v) is 3.40. The Bertz CT molecular complexity index is 505. The van der Waals surface area contributed by atoms with E-state index in [2.05, 4.69) is 10.6 Å². The third-order valence-corrected chi connectivity index (χ3v) is 5.19. The van der Waals surface area contributed by atoms with Crippen molar-refractivity contribution in [2.75, 3.05) is 32.4 Å². The van der Waals surface area contributed by atoms with Crippen LogP contribution >= 0.6 is 0 Å². The fraction of sp³-hybridized carbons (Fsp3) is 0.867. The highest BCUT2D eigenvalue weighted by molar-refractivity contribution is 7.88. The van der Waals surface area contributed by atoms with E-state index < -0.39 is 10.0 Å². The van der Waals surface area contributed by atoms with E-state index in [1.54, 1.807) is 0 Å². The summed E-state index contributed by atoms with van der Waals surface area (Å²) >= 11 is 0. The van der Waals surface area contributed by atoms with Gasteiger partial charge in [-0.3, -0.25) is 9.59 Å². The Labute approximate surface area is 139 Å². The Morgan fingerprint density at radius 1 is 1.35 bits per heavy atom. The second-order valence-corrected chi connectivity index (χ2v) is 8.51. The van der Waals surface area contributed by atoms with E-state index in [-0.39, 0.29) is 30.7 Å². The first-order valence-corrected chi connectivity index (χ1v) is 10.0. The summed E-state index contributed by atoms with van der Waals surface area (Å²) in [6.45, 7) is 5.66. The first-order chi connectivity index (χ1) is 10.7. The molecule has 0 spiro atoms. The van der Waals surface area contributed by atoms with Crippen LogP contribution in [0, 0.1) is 11.8 Å². The van der Waals surface area contributed by atoms with Gasteiger partial charge in [-0.25, -0.2) is 12.7 Å². The summed E-state index contributed by atoms with van der Waals surface area (Å²) in [4.78, 5) is 24.0. The maximum absolute atomic E-state index is 12.3. The van der Waals surface area contributed by atoms with Crippen LogP contribution in [0.25, 0.3) is 0 Å². The van der Waals surface area contributed by atoms with Gasteiger partial charge in [0.2, 0.25) is 21.8 Å². The van der Waals surface area contributed by atoms with Gasteiger partial charge in [0.1, 0.15) is 0 Å². The molecule has 134 valence electrons. The van der Waals surface area contributed by atoms with Gasteiger partial charge >= 0.3 is 0 Å². The van der Waals surface area contributed by atoms with Gasteiger partial charge in [-0.15, -0.1) is 0 Å². The number of hydrogen-bond acceptors (Lipinski definition) is 4. The lowest BCUT2D eigenvalue weighted by molar-refractivity contribution is -0.126. The van der Waals surface area contributed by atoms with E-state index in [0.717, 1.165) is 6.26 Å². The molecule has 2 amide bonds. The number of amides is 2. The lowest BCUT2D eigenvalue weighted by Crippen LogP contribution is -2.35. The average molecular weight is 347 g/mol. The highest BCUT2D eigenvalue weighted by Crippen LogP contribution is 2.14. The maximum Gasteiger partial charge on any atom is 0.223 e. The third kappa shape index (κ3) is 7.78. The van der Waals surface area contributed by atoms with Crippen LogP contribution in [-0.2, 0) is 19.6 Å². The van der Waals surface area contributed by atoms with Gasteiger partial charge in [-0.2, -0.15) is 0 Å². The third-order valence-electron chi connectivity index (χ3n) is 3.89. The van der Waals surface area contributed by atoms with Gasteiger partial charge in [0.25, 0.3) is 0 Å². The quantitative estimate of drug-likeness (QED) is 0.766. The minimum absolute atomic E-state index is 0.0156. The van der Waals surface area contributed by atoms with Crippen molar-refractivity contribution in [1.29, 1.82) is 0 Å². The molecule has 0 aromatic carbocycles. The highest BCUT2D eigenvalue weighted by Gasteiger charge is 2.23. The largest absolute Gasteiger partial charge is 0.356 e. The van der Waals surface area contributed by atoms with Gasteiger partial charge in [-0.1, -0.05) is 13.8 Å². The number of hydrogen-bond donors (Lipinski definition) is 2. The first-order valence-electron chi connectivity index (χ1n) is 8.19. The SMILES string of the molecule is CC(C)CNC(=O)C1CCCN(S(C)(=O)=O)CCC(=O)NCC1. The van der Waals surface area contributed by atoms with Gasteiger partial charge in [0, 0.05) is 38.5 Å². The Morgan fingerprint density at radius 2 is 2.04 bits per heavy atom. The average Bonchev–Trinajstić information content (AvgIpc) is 2.48. The predicted octanol–water partition coefficient (Wildman–Crippen LogP) is 0.327. The van der Waals surface area contributed by atoms with Crippen LogP contribution in [0.5, 0.6) is 0 Å². The van der Waals surface area contributed by atoms with Crippen molar-refractivity contribution >= 4 is 21.8 Å². The molecular formula is C15H29N3O4S. The number of nitrogens with one attached hydrogen (secondary N) is 2. The van der Waals surface area contributed by atoms with Crippen molar-refractivity contribution in [3.05, 3.63) is 0 Å². The minimum Gasteiger partial charge on any atom is -0.356 e. The van der Waals surface area contributed by atoms with Crippen molar-refractivity contribution in [2.45, 2.75) is 39.5 Å². The number of carbonyl (C=O) groups is 2. The molecule has 0 aromatic heterocycles. The van der Waals surface area contributed by atoms with E-state index in [9.17, 15) is 18.0 Å². The molecule has 0 aromatic rings. The summed E-state index contributed by atoms with van der Waals surface area (Å²) in [6, 6.07) is 0. The first kappa shape index (κ1) is 19.9. The van der Waals surface area contributed by atoms with Crippen LogP contribution in [0.15, 0.2) is 0 Å². The minimum atomic E-state index is -3.34. The van der Waals surface area contributed by atoms with E-state index in [1.807, 2.05) is 13.8 Å². The van der Waals surface area contributed by atoms with E-state index in [4.69, 9.17) is 0 Å². The zero-order valence-corrected chi connectivity index (χ0v) is 15.1. The Kier molecular flexibility index (Phi) is 7.98. The smallest absolute Gasteiger partial charge is 0.223 e. The van der Waals surface area contributed by atoms with Crippen molar-refractivity contribution < 1.29 is 18.0 Å². The fourth-order valence-electron chi connectivity index (χ4n) is 2.51. The number of rotatable bonds is 4. The highest BCUT2D eigenvalue weighted by atomic mass is 32.2. The second-order valence-electron chi connectivity index (χ2n) is 6.53. The monoisotopic (exact) mass is 347 g/mol. The van der Waals surface area contributed by atoms with Crippen molar-refractivity contribution in [3.8, 4) is 0 Å². The zero-order valence-electron chi connectivity index (χ0n) is 14.3. The van der Waals surface area contributed by atoms with Gasteiger partial charge in [0.15, 0.2) is 0 Å². The normalized spacial score (nSPS) is 22.3. The number of carbonyl (C=O) groups excluding carboxylic acids is 2. The predicted molar refractivity (Wildman–Crippen MR) is 89.2 cm³/mol. The Morgan fingerprint density at radius 3 is 2.65 bits per heavy atom. The summed E-state index contributed by atoms with van der Waals surface area (Å²) in [5.41, 5.74) is 0. The van der Waals surface area contributed by atoms with Crippen LogP contribution in [-0.4, -0.2) is 57.0 Å². The van der Waals surface area contributed by atoms with Gasteiger partial charge in [-0.05, 0) is 25.2 Å². The van der Waals surface area contributed by atoms with Crippen molar-refractivity contribution in [3.63, 3.8) is 0 Å². The van der Waals surface area contributed by atoms with Crippen LogP contribution in [0.4, 0.5) is 0 Å². The Balaban J connectivity index is 2.70. The maximum atomic E-state index is 12.3. The van der Waals surface area contributed by atoms with E-state index in [0.29, 0.717) is 44.8 Å². The lowest BCUT2D eigenvalue weighted by atomic mass is 9.98. The van der Waals surface area contributed by atoms with E-state index in [1.165, 1.54) is 4.31 Å². The van der Waals surface area contributed by atoms with Crippen LogP contribution in [0.3, 0.4) is 0 Å². The molecule has 23 heavy (non-hydrogen) atoms. The molecule has 0 saturated carbocycles. The zero-order chi connectivity index (χ0) is 17.5. The van der Waals surface area contributed by atoms with Crippen molar-refractivity contribution in [1.82, 2.24) is 14.9 Å². The van der Waals surface area contributed by atoms with Crippen molar-refractivity contribution in [2.24, 2.45) is 11.8 Å². The summed E-state index contributed by atoms with van der Waals surface area (Å²) in [5.74, 6) is -0.0179. The molecule has 1 saturated heterocycles. The lowest BCUT2D eigenvalue weighted by Gasteiger charge is -2.20. The summed E-state index contributed by atoms with van der Waals surface area (Å²) in [7, 11) is -3.34. The molecule has 1 unspecified atom stereocenters. The Hall–Kier alpha value is -1.15. The molecule has 7 nitrogen and oxygen atoms in total. The summed E-state index contributed by atoms with van der Waals surface area (Å²) < 4.78 is 24.8. The van der Waals surface area contributed by atoms with Crippen LogP contribution in [0.2, 0.25) is 0 Å². The molecule has 0 bridgehead atoms. The standard InChI is InChI=1S/C15H29N3O4S/c1-12(2)11-17-15(20)13-5-4-9-18(23(3,21)22)10-7-14(19)16-8-6-13/h12-13H,4-11H2,1-3H3,(H,16,19)(H,17,20). The van der Waals surface area contributed by atoms with Crippen LogP contribution < -0.4 is 10.6 Å². The molecule has 1 fully saturated rings. The molecule has 1 heterocycles. The second kappa shape index (κ2) is 9.22. The molecule has 8 heteroatoms. The summed E-state index contributed by atoms with van der Waals surface area (Å²) in [5, 5.41) is 5.68. The number of nitrogens with zero attached hydrogens (tertiary/aromatic N) is 1. The van der Waals surface area contributed by atoms with Gasteiger partial charge < -0.3 is 10.6 Å². The van der Waals surface area contributed by atoms with E-state index >= 15 is 0 Å². The molecule has 1 aliphatic heterocycles. The molecular weight excluding hydrogens is 318 g/mol. The topological polar surface area (TPSA) is 95.6 Å². The summed E-state index contributed by atoms with van der Waals surface area (Å²) in [6.07, 6.45) is 3.11. The molecule has 2 N–H and O–H groups in total. The molecule has 0 radical (unpaired) electrons. The molecule has 1 atom stereocenters. The number of sulfonamides is 1. The molecule has 0 aliphatic carbocycles. The van der Waals surface area contributed by atoms with Crippen LogP contribution in [0.1, 0.15) is 39.5 Å².